The van der Waals surface area contributed by atoms with Gasteiger partial charge in [-0.15, -0.1) is 0 Å². The number of hydrogen-bond donors (Lipinski definition) is 2. The van der Waals surface area contributed by atoms with Crippen LogP contribution in [0.3, 0.4) is 0 Å². The van der Waals surface area contributed by atoms with Crippen molar-refractivity contribution in [2.45, 2.75) is 0 Å². The molecule has 1 saturated heterocycles. The fourth-order valence-corrected chi connectivity index (χ4v) is 5.77. The van der Waals surface area contributed by atoms with Crippen molar-refractivity contribution < 1.29 is 13.6 Å². The van der Waals surface area contributed by atoms with E-state index in [2.05, 4.69) is 38.5 Å². The van der Waals surface area contributed by atoms with Crippen molar-refractivity contribution in [1.82, 2.24) is 24.3 Å². The number of furan rings is 1. The Morgan fingerprint density at radius 2 is 1.95 bits per heavy atom. The zero-order chi connectivity index (χ0) is 26.6. The van der Waals surface area contributed by atoms with E-state index in [-0.39, 0.29) is 11.0 Å². The molecule has 12 heteroatoms. The van der Waals surface area contributed by atoms with Crippen LogP contribution in [0, 0.1) is 0 Å². The SMILES string of the molecule is O=c1cc(N2CCOCC2)oc2c(-c3ncc(Nc4nc(-c5ccc6c[nH]cc6c5)cn5ccnc45)s3)coc12. The van der Waals surface area contributed by atoms with Crippen LogP contribution in [0.5, 0.6) is 0 Å². The van der Waals surface area contributed by atoms with Gasteiger partial charge in [0.25, 0.3) is 0 Å². The summed E-state index contributed by atoms with van der Waals surface area (Å²) < 4.78 is 19.1. The van der Waals surface area contributed by atoms with Crippen molar-refractivity contribution in [3.8, 4) is 21.8 Å². The lowest BCUT2D eigenvalue weighted by Crippen LogP contribution is -2.36. The molecule has 6 aromatic heterocycles. The summed E-state index contributed by atoms with van der Waals surface area (Å²) in [7, 11) is 0. The molecule has 7 heterocycles. The highest BCUT2D eigenvalue weighted by atomic mass is 32.1. The lowest BCUT2D eigenvalue weighted by atomic mass is 10.1. The molecule has 0 saturated carbocycles. The van der Waals surface area contributed by atoms with Crippen LogP contribution in [0.2, 0.25) is 0 Å². The molecule has 1 aliphatic heterocycles. The maximum absolute atomic E-state index is 12.8. The van der Waals surface area contributed by atoms with Gasteiger partial charge in [0.1, 0.15) is 16.3 Å². The quantitative estimate of drug-likeness (QED) is 0.294. The van der Waals surface area contributed by atoms with E-state index in [4.69, 9.17) is 18.6 Å². The number of morpholine rings is 1. The largest absolute Gasteiger partial charge is 0.456 e. The Bertz CT molecular complexity index is 2080. The molecular formula is C28H21N7O4S. The topological polar surface area (TPSA) is 127 Å². The van der Waals surface area contributed by atoms with E-state index < -0.39 is 0 Å². The summed E-state index contributed by atoms with van der Waals surface area (Å²) in [4.78, 5) is 31.9. The number of imidazole rings is 1. The van der Waals surface area contributed by atoms with Crippen LogP contribution in [0.1, 0.15) is 0 Å². The third-order valence-corrected chi connectivity index (χ3v) is 7.91. The van der Waals surface area contributed by atoms with E-state index in [1.54, 1.807) is 12.4 Å². The fourth-order valence-electron chi connectivity index (χ4n) is 4.96. The fraction of sp³-hybridized carbons (Fsp3) is 0.143. The van der Waals surface area contributed by atoms with Crippen molar-refractivity contribution in [1.29, 1.82) is 0 Å². The number of anilines is 3. The molecular weight excluding hydrogens is 530 g/mol. The number of aromatic nitrogens is 5. The molecule has 1 fully saturated rings. The van der Waals surface area contributed by atoms with Crippen molar-refractivity contribution in [3.63, 3.8) is 0 Å². The lowest BCUT2D eigenvalue weighted by Gasteiger charge is -2.26. The predicted octanol–water partition coefficient (Wildman–Crippen LogP) is 5.28. The molecule has 0 bridgehead atoms. The van der Waals surface area contributed by atoms with Crippen LogP contribution < -0.4 is 15.6 Å². The molecule has 0 amide bonds. The first kappa shape index (κ1) is 23.0. The predicted molar refractivity (Wildman–Crippen MR) is 152 cm³/mol. The number of hydrogen-bond acceptors (Lipinski definition) is 10. The highest BCUT2D eigenvalue weighted by Crippen LogP contribution is 2.37. The molecule has 8 rings (SSSR count). The molecule has 0 radical (unpaired) electrons. The van der Waals surface area contributed by atoms with Crippen LogP contribution in [0.25, 0.3) is 49.4 Å². The van der Waals surface area contributed by atoms with Gasteiger partial charge in [0.05, 0.1) is 36.7 Å². The number of ether oxygens (including phenoxy) is 1. The Labute approximate surface area is 229 Å². The molecule has 7 aromatic rings. The zero-order valence-corrected chi connectivity index (χ0v) is 21.8. The molecule has 11 nitrogen and oxygen atoms in total. The first-order valence-electron chi connectivity index (χ1n) is 12.7. The average molecular weight is 552 g/mol. The molecule has 1 aliphatic rings. The van der Waals surface area contributed by atoms with Gasteiger partial charge in [-0.05, 0) is 16.8 Å². The van der Waals surface area contributed by atoms with E-state index in [1.807, 2.05) is 34.1 Å². The summed E-state index contributed by atoms with van der Waals surface area (Å²) in [5.74, 6) is 1.10. The normalized spacial score (nSPS) is 14.1. The Kier molecular flexibility index (Phi) is 5.21. The highest BCUT2D eigenvalue weighted by molar-refractivity contribution is 7.19. The van der Waals surface area contributed by atoms with Gasteiger partial charge in [-0.25, -0.2) is 15.0 Å². The number of H-pyrrole nitrogens is 1. The first-order chi connectivity index (χ1) is 19.7. The molecule has 2 N–H and O–H groups in total. The van der Waals surface area contributed by atoms with Crippen LogP contribution in [0.4, 0.5) is 16.7 Å². The number of aromatic amines is 1. The number of thiazole rings is 1. The van der Waals surface area contributed by atoms with Crippen LogP contribution in [0.15, 0.2) is 81.3 Å². The van der Waals surface area contributed by atoms with Gasteiger partial charge in [-0.3, -0.25) is 4.79 Å². The van der Waals surface area contributed by atoms with Gasteiger partial charge < -0.3 is 33.2 Å². The highest BCUT2D eigenvalue weighted by Gasteiger charge is 2.21. The summed E-state index contributed by atoms with van der Waals surface area (Å²) in [6, 6.07) is 7.70. The Hall–Kier alpha value is -4.94. The number of fused-ring (bicyclic) bond motifs is 3. The van der Waals surface area contributed by atoms with Crippen LogP contribution in [-0.2, 0) is 4.74 Å². The Morgan fingerprint density at radius 1 is 1.05 bits per heavy atom. The van der Waals surface area contributed by atoms with Crippen LogP contribution >= 0.6 is 11.3 Å². The van der Waals surface area contributed by atoms with E-state index in [0.717, 1.165) is 27.0 Å². The van der Waals surface area contributed by atoms with E-state index in [0.29, 0.717) is 59.8 Å². The summed E-state index contributed by atoms with van der Waals surface area (Å²) in [6.45, 7) is 2.48. The van der Waals surface area contributed by atoms with Crippen molar-refractivity contribution >= 4 is 55.6 Å². The molecule has 40 heavy (non-hydrogen) atoms. The maximum Gasteiger partial charge on any atom is 0.230 e. The smallest absolute Gasteiger partial charge is 0.230 e. The third-order valence-electron chi connectivity index (χ3n) is 6.97. The summed E-state index contributed by atoms with van der Waals surface area (Å²) in [6.07, 6.45) is 12.8. The maximum atomic E-state index is 12.8. The second-order valence-electron chi connectivity index (χ2n) is 9.44. The lowest BCUT2D eigenvalue weighted by molar-refractivity contribution is 0.121. The van der Waals surface area contributed by atoms with Gasteiger partial charge >= 0.3 is 0 Å². The average Bonchev–Trinajstić information content (AvgIpc) is 3.79. The van der Waals surface area contributed by atoms with Crippen molar-refractivity contribution in [2.75, 3.05) is 36.5 Å². The van der Waals surface area contributed by atoms with Gasteiger partial charge in [0.2, 0.25) is 11.0 Å². The first-order valence-corrected chi connectivity index (χ1v) is 13.5. The second-order valence-corrected chi connectivity index (χ2v) is 10.5. The Morgan fingerprint density at radius 3 is 2.88 bits per heavy atom. The van der Waals surface area contributed by atoms with Gasteiger partial charge in [0, 0.05) is 49.6 Å². The standard InChI is InChI=1S/C28H21N7O4S/c36-21-10-23(34-5-7-37-8-6-34)39-24-19(15-38-25(21)24)28-31-13-22(40-28)33-26-27-30-3-4-35(27)14-20(32-26)16-1-2-17-11-29-12-18(17)9-16/h1-4,9-15,29H,5-8H2,(H,32,33). The minimum atomic E-state index is -0.232. The molecule has 0 atom stereocenters. The summed E-state index contributed by atoms with van der Waals surface area (Å²) >= 11 is 1.40. The molecule has 1 aromatic carbocycles. The minimum absolute atomic E-state index is 0.171. The molecule has 198 valence electrons. The second kappa shape index (κ2) is 9.07. The Balaban J connectivity index is 1.15. The van der Waals surface area contributed by atoms with Crippen LogP contribution in [-0.4, -0.2) is 50.6 Å². The van der Waals surface area contributed by atoms with Crippen molar-refractivity contribution in [3.05, 3.63) is 77.9 Å². The van der Waals surface area contributed by atoms with Gasteiger partial charge in [-0.1, -0.05) is 23.5 Å². The third kappa shape index (κ3) is 3.84. The number of nitrogens with zero attached hydrogens (tertiary/aromatic N) is 5. The molecule has 0 aliphatic carbocycles. The van der Waals surface area contributed by atoms with Gasteiger partial charge in [0.15, 0.2) is 22.9 Å². The summed E-state index contributed by atoms with van der Waals surface area (Å²) in [5.41, 5.74) is 3.43. The van der Waals surface area contributed by atoms with E-state index in [9.17, 15) is 4.79 Å². The minimum Gasteiger partial charge on any atom is -0.456 e. The number of benzene rings is 1. The van der Waals surface area contributed by atoms with E-state index >= 15 is 0 Å². The number of rotatable bonds is 5. The van der Waals surface area contributed by atoms with Gasteiger partial charge in [-0.2, -0.15) is 0 Å². The molecule has 0 spiro atoms. The number of nitrogens with one attached hydrogen (secondary N) is 2. The summed E-state index contributed by atoms with van der Waals surface area (Å²) in [5, 5.41) is 7.05. The van der Waals surface area contributed by atoms with Crippen molar-refractivity contribution in [2.24, 2.45) is 0 Å². The van der Waals surface area contributed by atoms with E-state index in [1.165, 1.54) is 23.7 Å². The zero-order valence-electron chi connectivity index (χ0n) is 21.0. The monoisotopic (exact) mass is 551 g/mol. The molecule has 0 unspecified atom stereocenters.